The van der Waals surface area contributed by atoms with Gasteiger partial charge in [0.25, 0.3) is 0 Å². The second-order valence-electron chi connectivity index (χ2n) is 2.46. The summed E-state index contributed by atoms with van der Waals surface area (Å²) < 4.78 is 40.6. The second-order valence-corrected chi connectivity index (χ2v) is 2.46. The minimum absolute atomic E-state index is 0.0276. The van der Waals surface area contributed by atoms with Gasteiger partial charge in [-0.25, -0.2) is 4.98 Å². The third-order valence-corrected chi connectivity index (χ3v) is 1.43. The van der Waals surface area contributed by atoms with Crippen molar-refractivity contribution in [2.75, 3.05) is 7.11 Å². The van der Waals surface area contributed by atoms with Gasteiger partial charge in [-0.3, -0.25) is 0 Å². The highest BCUT2D eigenvalue weighted by atomic mass is 19.4. The van der Waals surface area contributed by atoms with Crippen molar-refractivity contribution in [1.29, 1.82) is 0 Å². The molecule has 1 rings (SSSR count). The Bertz CT molecular complexity index is 285. The predicted octanol–water partition coefficient (Wildman–Crippen LogP) is 2.20. The zero-order chi connectivity index (χ0) is 9.90. The van der Waals surface area contributed by atoms with Gasteiger partial charge in [-0.15, -0.1) is 0 Å². The van der Waals surface area contributed by atoms with Crippen LogP contribution in [0.4, 0.5) is 13.2 Å². The fourth-order valence-electron chi connectivity index (χ4n) is 0.958. The molecule has 0 aliphatic heterocycles. The zero-order valence-corrected chi connectivity index (χ0v) is 6.93. The Kier molecular flexibility index (Phi) is 2.75. The summed E-state index contributed by atoms with van der Waals surface area (Å²) in [5, 5.41) is 0. The molecule has 13 heavy (non-hydrogen) atoms. The maximum atomic E-state index is 12.0. The van der Waals surface area contributed by atoms with Crippen molar-refractivity contribution in [2.24, 2.45) is 0 Å². The summed E-state index contributed by atoms with van der Waals surface area (Å²) in [5.74, 6) is 0.0276. The maximum absolute atomic E-state index is 12.0. The van der Waals surface area contributed by atoms with E-state index in [1.165, 1.54) is 25.4 Å². The van der Waals surface area contributed by atoms with Gasteiger partial charge in [-0.1, -0.05) is 6.07 Å². The molecule has 1 heterocycles. The highest BCUT2D eigenvalue weighted by Gasteiger charge is 2.29. The van der Waals surface area contributed by atoms with E-state index in [0.717, 1.165) is 0 Å². The number of pyridine rings is 1. The Hall–Kier alpha value is -1.26. The van der Waals surface area contributed by atoms with Gasteiger partial charge in [-0.2, -0.15) is 13.2 Å². The van der Waals surface area contributed by atoms with Crippen LogP contribution < -0.4 is 4.74 Å². The fourth-order valence-corrected chi connectivity index (χ4v) is 0.958. The van der Waals surface area contributed by atoms with Gasteiger partial charge in [0.1, 0.15) is 0 Å². The minimum atomic E-state index is -4.23. The quantitative estimate of drug-likeness (QED) is 0.714. The van der Waals surface area contributed by atoms with Crippen molar-refractivity contribution in [2.45, 2.75) is 12.6 Å². The second kappa shape index (κ2) is 3.64. The average molecular weight is 191 g/mol. The Morgan fingerprint density at radius 3 is 2.69 bits per heavy atom. The number of methoxy groups -OCH3 is 1. The number of aromatic nitrogens is 1. The summed E-state index contributed by atoms with van der Waals surface area (Å²) in [5.41, 5.74) is 0.0532. The number of ether oxygens (including phenoxy) is 1. The molecule has 0 fully saturated rings. The van der Waals surface area contributed by atoms with Gasteiger partial charge in [0, 0.05) is 11.8 Å². The molecule has 0 saturated heterocycles. The van der Waals surface area contributed by atoms with Crippen LogP contribution in [0.3, 0.4) is 0 Å². The van der Waals surface area contributed by atoms with Crippen LogP contribution in [-0.2, 0) is 6.42 Å². The number of hydrogen-bond acceptors (Lipinski definition) is 2. The van der Waals surface area contributed by atoms with E-state index in [1.54, 1.807) is 0 Å². The van der Waals surface area contributed by atoms with Gasteiger partial charge >= 0.3 is 6.18 Å². The van der Waals surface area contributed by atoms with E-state index < -0.39 is 12.6 Å². The summed E-state index contributed by atoms with van der Waals surface area (Å²) >= 11 is 0. The Labute approximate surface area is 73.4 Å². The number of alkyl halides is 3. The van der Waals surface area contributed by atoms with E-state index in [1.807, 2.05) is 0 Å². The summed E-state index contributed by atoms with van der Waals surface area (Å²) in [6.45, 7) is 0. The molecule has 0 aromatic carbocycles. The van der Waals surface area contributed by atoms with Crippen LogP contribution in [0, 0.1) is 0 Å². The third kappa shape index (κ3) is 2.93. The van der Waals surface area contributed by atoms with Gasteiger partial charge in [0.2, 0.25) is 5.88 Å². The molecule has 0 atom stereocenters. The predicted molar refractivity (Wildman–Crippen MR) is 40.5 cm³/mol. The van der Waals surface area contributed by atoms with Crippen molar-refractivity contribution >= 4 is 0 Å². The van der Waals surface area contributed by atoms with E-state index in [-0.39, 0.29) is 11.4 Å². The van der Waals surface area contributed by atoms with Crippen LogP contribution in [0.25, 0.3) is 0 Å². The molecule has 1 aromatic rings. The molecule has 0 spiro atoms. The van der Waals surface area contributed by atoms with Crippen molar-refractivity contribution < 1.29 is 17.9 Å². The lowest BCUT2D eigenvalue weighted by Gasteiger charge is -2.08. The minimum Gasteiger partial charge on any atom is -0.481 e. The molecule has 0 aliphatic rings. The third-order valence-electron chi connectivity index (χ3n) is 1.43. The summed E-state index contributed by atoms with van der Waals surface area (Å²) in [6, 6.07) is 2.79. The van der Waals surface area contributed by atoms with Crippen molar-refractivity contribution in [3.8, 4) is 5.88 Å². The normalized spacial score (nSPS) is 11.4. The lowest BCUT2D eigenvalue weighted by molar-refractivity contribution is -0.127. The van der Waals surface area contributed by atoms with Crippen LogP contribution in [0.15, 0.2) is 18.3 Å². The van der Waals surface area contributed by atoms with Crippen LogP contribution in [0.5, 0.6) is 5.88 Å². The number of halogens is 3. The Balaban J connectivity index is 2.87. The lowest BCUT2D eigenvalue weighted by atomic mass is 10.2. The molecule has 0 amide bonds. The van der Waals surface area contributed by atoms with Gasteiger partial charge in [0.15, 0.2) is 0 Å². The van der Waals surface area contributed by atoms with E-state index in [4.69, 9.17) is 0 Å². The zero-order valence-electron chi connectivity index (χ0n) is 6.93. The molecule has 0 aliphatic carbocycles. The molecule has 5 heteroatoms. The fraction of sp³-hybridized carbons (Fsp3) is 0.375. The summed E-state index contributed by atoms with van der Waals surface area (Å²) in [4.78, 5) is 3.66. The molecule has 0 radical (unpaired) electrons. The Morgan fingerprint density at radius 2 is 2.15 bits per heavy atom. The highest BCUT2D eigenvalue weighted by molar-refractivity contribution is 5.26. The van der Waals surface area contributed by atoms with Crippen molar-refractivity contribution in [1.82, 2.24) is 4.98 Å². The van der Waals surface area contributed by atoms with E-state index in [9.17, 15) is 13.2 Å². The van der Waals surface area contributed by atoms with Crippen molar-refractivity contribution in [3.05, 3.63) is 23.9 Å². The van der Waals surface area contributed by atoms with Crippen LogP contribution in [-0.4, -0.2) is 18.3 Å². The first-order chi connectivity index (χ1) is 6.03. The molecule has 2 nitrogen and oxygen atoms in total. The van der Waals surface area contributed by atoms with Crippen LogP contribution in [0.2, 0.25) is 0 Å². The smallest absolute Gasteiger partial charge is 0.393 e. The molecule has 0 saturated carbocycles. The maximum Gasteiger partial charge on any atom is 0.393 e. The Morgan fingerprint density at radius 1 is 1.46 bits per heavy atom. The van der Waals surface area contributed by atoms with E-state index in [0.29, 0.717) is 0 Å². The average Bonchev–Trinajstić information content (AvgIpc) is 2.02. The molecule has 72 valence electrons. The first-order valence-corrected chi connectivity index (χ1v) is 3.57. The summed E-state index contributed by atoms with van der Waals surface area (Å²) in [7, 11) is 1.29. The van der Waals surface area contributed by atoms with Crippen LogP contribution >= 0.6 is 0 Å². The molecule has 0 bridgehead atoms. The number of nitrogens with zero attached hydrogens (tertiary/aromatic N) is 1. The topological polar surface area (TPSA) is 22.1 Å². The lowest BCUT2D eigenvalue weighted by Crippen LogP contribution is -2.12. The van der Waals surface area contributed by atoms with Crippen LogP contribution in [0.1, 0.15) is 5.56 Å². The number of rotatable bonds is 2. The number of hydrogen-bond donors (Lipinski definition) is 0. The molecule has 0 unspecified atom stereocenters. The van der Waals surface area contributed by atoms with E-state index >= 15 is 0 Å². The van der Waals surface area contributed by atoms with E-state index in [2.05, 4.69) is 9.72 Å². The molecule has 0 N–H and O–H groups in total. The first-order valence-electron chi connectivity index (χ1n) is 3.57. The SMILES string of the molecule is COc1ncccc1CC(F)(F)F. The van der Waals surface area contributed by atoms with Gasteiger partial charge in [-0.05, 0) is 6.07 Å². The molecular formula is C8H8F3NO. The first kappa shape index (κ1) is 9.83. The van der Waals surface area contributed by atoms with Gasteiger partial charge in [0.05, 0.1) is 13.5 Å². The monoisotopic (exact) mass is 191 g/mol. The standard InChI is InChI=1S/C8H8F3NO/c1-13-7-6(3-2-4-12-7)5-8(9,10)11/h2-4H,5H2,1H3. The highest BCUT2D eigenvalue weighted by Crippen LogP contribution is 2.25. The molecular weight excluding hydrogens is 183 g/mol. The largest absolute Gasteiger partial charge is 0.481 e. The summed E-state index contributed by atoms with van der Waals surface area (Å²) in [6.07, 6.45) is -3.85. The van der Waals surface area contributed by atoms with Gasteiger partial charge < -0.3 is 4.74 Å². The van der Waals surface area contributed by atoms with Crippen molar-refractivity contribution in [3.63, 3.8) is 0 Å². The molecule has 1 aromatic heterocycles.